The summed E-state index contributed by atoms with van der Waals surface area (Å²) >= 11 is 3.34. The fourth-order valence-corrected chi connectivity index (χ4v) is 2.41. The lowest BCUT2D eigenvalue weighted by atomic mass is 10.1. The Balaban J connectivity index is 2.21. The van der Waals surface area contributed by atoms with Crippen LogP contribution in [0.15, 0.2) is 22.7 Å². The monoisotopic (exact) mass is 297 g/mol. The Morgan fingerprint density at radius 1 is 1.29 bits per heavy atom. The maximum atomic E-state index is 11.3. The molecule has 1 aromatic carbocycles. The van der Waals surface area contributed by atoms with Crippen molar-refractivity contribution in [3.8, 4) is 0 Å². The number of carbonyl (C=O) groups is 1. The third-order valence-corrected chi connectivity index (χ3v) is 3.78. The zero-order valence-corrected chi connectivity index (χ0v) is 11.4. The van der Waals surface area contributed by atoms with Crippen molar-refractivity contribution < 1.29 is 4.79 Å². The number of hydrogen-bond donors (Lipinski definition) is 1. The Hall–Kier alpha value is -1.07. The Labute approximate surface area is 110 Å². The van der Waals surface area contributed by atoms with Crippen LogP contribution in [-0.2, 0) is 0 Å². The molecule has 1 saturated heterocycles. The normalized spacial score (nSPS) is 17.2. The van der Waals surface area contributed by atoms with Crippen molar-refractivity contribution in [2.75, 3.05) is 38.1 Å². The molecule has 1 heterocycles. The van der Waals surface area contributed by atoms with Crippen LogP contribution in [0.3, 0.4) is 0 Å². The van der Waals surface area contributed by atoms with Crippen molar-refractivity contribution in [2.24, 2.45) is 5.73 Å². The number of halogens is 1. The molecule has 0 radical (unpaired) electrons. The van der Waals surface area contributed by atoms with Gasteiger partial charge in [0.05, 0.1) is 5.56 Å². The second-order valence-corrected chi connectivity index (χ2v) is 5.17. The van der Waals surface area contributed by atoms with Gasteiger partial charge in [-0.15, -0.1) is 0 Å². The van der Waals surface area contributed by atoms with Crippen molar-refractivity contribution in [3.05, 3.63) is 28.2 Å². The van der Waals surface area contributed by atoms with Crippen LogP contribution < -0.4 is 10.6 Å². The van der Waals surface area contributed by atoms with E-state index in [4.69, 9.17) is 5.73 Å². The highest BCUT2D eigenvalue weighted by Gasteiger charge is 2.16. The molecule has 1 aliphatic rings. The highest BCUT2D eigenvalue weighted by molar-refractivity contribution is 9.10. The Morgan fingerprint density at radius 3 is 2.53 bits per heavy atom. The summed E-state index contributed by atoms with van der Waals surface area (Å²) in [5, 5.41) is 0. The molecule has 1 fully saturated rings. The number of nitrogens with zero attached hydrogens (tertiary/aromatic N) is 2. The lowest BCUT2D eigenvalue weighted by molar-refractivity contribution is 0.0999. The lowest BCUT2D eigenvalue weighted by Gasteiger charge is -2.34. The van der Waals surface area contributed by atoms with Crippen LogP contribution in [0.2, 0.25) is 0 Å². The third-order valence-electron chi connectivity index (χ3n) is 3.08. The molecular weight excluding hydrogens is 282 g/mol. The predicted molar refractivity (Wildman–Crippen MR) is 72.4 cm³/mol. The van der Waals surface area contributed by atoms with Gasteiger partial charge in [0.1, 0.15) is 0 Å². The van der Waals surface area contributed by atoms with Gasteiger partial charge in [0.15, 0.2) is 0 Å². The van der Waals surface area contributed by atoms with Gasteiger partial charge in [-0.3, -0.25) is 4.79 Å². The zero-order valence-electron chi connectivity index (χ0n) is 9.82. The van der Waals surface area contributed by atoms with Crippen molar-refractivity contribution in [2.45, 2.75) is 0 Å². The van der Waals surface area contributed by atoms with Gasteiger partial charge in [0.25, 0.3) is 0 Å². The first kappa shape index (κ1) is 12.4. The van der Waals surface area contributed by atoms with E-state index in [1.54, 1.807) is 0 Å². The highest BCUT2D eigenvalue weighted by atomic mass is 79.9. The fraction of sp³-hybridized carbons (Fsp3) is 0.417. The molecule has 1 aliphatic heterocycles. The summed E-state index contributed by atoms with van der Waals surface area (Å²) in [5.74, 6) is -0.396. The second kappa shape index (κ2) is 5.06. The summed E-state index contributed by atoms with van der Waals surface area (Å²) in [6, 6.07) is 5.76. The molecule has 0 atom stereocenters. The van der Waals surface area contributed by atoms with Gasteiger partial charge < -0.3 is 15.5 Å². The minimum atomic E-state index is -0.396. The van der Waals surface area contributed by atoms with E-state index < -0.39 is 5.91 Å². The fourth-order valence-electron chi connectivity index (χ4n) is 1.96. The van der Waals surface area contributed by atoms with Crippen LogP contribution in [0.1, 0.15) is 10.4 Å². The maximum Gasteiger partial charge on any atom is 0.249 e. The highest BCUT2D eigenvalue weighted by Crippen LogP contribution is 2.24. The Kier molecular flexibility index (Phi) is 3.69. The van der Waals surface area contributed by atoms with Crippen LogP contribution in [0.5, 0.6) is 0 Å². The number of primary amides is 1. The number of amides is 1. The molecule has 0 aromatic heterocycles. The average molecular weight is 298 g/mol. The Bertz CT molecular complexity index is 428. The molecule has 4 nitrogen and oxygen atoms in total. The first-order valence-corrected chi connectivity index (χ1v) is 6.40. The number of nitrogens with two attached hydrogens (primary N) is 1. The van der Waals surface area contributed by atoms with Crippen molar-refractivity contribution in [3.63, 3.8) is 0 Å². The largest absolute Gasteiger partial charge is 0.369 e. The van der Waals surface area contributed by atoms with Crippen molar-refractivity contribution in [1.82, 2.24) is 4.90 Å². The quantitative estimate of drug-likeness (QED) is 0.895. The molecular formula is C12H16BrN3O. The molecule has 5 heteroatoms. The summed E-state index contributed by atoms with van der Waals surface area (Å²) in [7, 11) is 2.12. The van der Waals surface area contributed by atoms with Crippen LogP contribution in [-0.4, -0.2) is 44.0 Å². The smallest absolute Gasteiger partial charge is 0.249 e. The second-order valence-electron chi connectivity index (χ2n) is 4.32. The zero-order chi connectivity index (χ0) is 12.4. The SMILES string of the molecule is CN1CCN(c2ccc(Br)c(C(N)=O)c2)CC1. The lowest BCUT2D eigenvalue weighted by Crippen LogP contribution is -2.44. The number of likely N-dealkylation sites (N-methyl/N-ethyl adjacent to an activating group) is 1. The molecule has 1 aromatic rings. The van der Waals surface area contributed by atoms with E-state index in [9.17, 15) is 4.79 Å². The van der Waals surface area contributed by atoms with Gasteiger partial charge in [0.2, 0.25) is 5.91 Å². The van der Waals surface area contributed by atoms with Crippen LogP contribution >= 0.6 is 15.9 Å². The molecule has 0 bridgehead atoms. The molecule has 0 saturated carbocycles. The number of carbonyl (C=O) groups excluding carboxylic acids is 1. The van der Waals surface area contributed by atoms with Crippen molar-refractivity contribution >= 4 is 27.5 Å². The number of benzene rings is 1. The van der Waals surface area contributed by atoms with E-state index in [2.05, 4.69) is 32.8 Å². The van der Waals surface area contributed by atoms with E-state index in [0.717, 1.165) is 36.3 Å². The van der Waals surface area contributed by atoms with Gasteiger partial charge in [-0.2, -0.15) is 0 Å². The van der Waals surface area contributed by atoms with Gasteiger partial charge in [-0.05, 0) is 41.2 Å². The predicted octanol–water partition coefficient (Wildman–Crippen LogP) is 1.30. The average Bonchev–Trinajstić information content (AvgIpc) is 2.30. The number of hydrogen-bond acceptors (Lipinski definition) is 3. The first-order valence-electron chi connectivity index (χ1n) is 5.61. The maximum absolute atomic E-state index is 11.3. The van der Waals surface area contributed by atoms with Crippen molar-refractivity contribution in [1.29, 1.82) is 0 Å². The molecule has 92 valence electrons. The van der Waals surface area contributed by atoms with E-state index in [0.29, 0.717) is 5.56 Å². The van der Waals surface area contributed by atoms with Gasteiger partial charge in [0, 0.05) is 36.3 Å². The van der Waals surface area contributed by atoms with Gasteiger partial charge in [-0.1, -0.05) is 0 Å². The van der Waals surface area contributed by atoms with E-state index in [1.165, 1.54) is 0 Å². The van der Waals surface area contributed by atoms with Gasteiger partial charge in [-0.25, -0.2) is 0 Å². The van der Waals surface area contributed by atoms with Gasteiger partial charge >= 0.3 is 0 Å². The minimum Gasteiger partial charge on any atom is -0.369 e. The standard InChI is InChI=1S/C12H16BrN3O/c1-15-4-6-16(7-5-15)9-2-3-11(13)10(8-9)12(14)17/h2-3,8H,4-7H2,1H3,(H2,14,17). The topological polar surface area (TPSA) is 49.6 Å². The Morgan fingerprint density at radius 2 is 1.94 bits per heavy atom. The molecule has 0 spiro atoms. The number of anilines is 1. The summed E-state index contributed by atoms with van der Waals surface area (Å²) < 4.78 is 0.753. The summed E-state index contributed by atoms with van der Waals surface area (Å²) in [6.45, 7) is 4.05. The van der Waals surface area contributed by atoms with E-state index in [-0.39, 0.29) is 0 Å². The summed E-state index contributed by atoms with van der Waals surface area (Å²) in [5.41, 5.74) is 6.95. The minimum absolute atomic E-state index is 0.396. The number of rotatable bonds is 2. The first-order chi connectivity index (χ1) is 8.08. The molecule has 2 rings (SSSR count). The molecule has 1 amide bonds. The molecule has 0 unspecified atom stereocenters. The summed E-state index contributed by atoms with van der Waals surface area (Å²) in [4.78, 5) is 15.8. The molecule has 2 N–H and O–H groups in total. The molecule has 17 heavy (non-hydrogen) atoms. The summed E-state index contributed by atoms with van der Waals surface area (Å²) in [6.07, 6.45) is 0. The van der Waals surface area contributed by atoms with E-state index in [1.807, 2.05) is 18.2 Å². The third kappa shape index (κ3) is 2.79. The van der Waals surface area contributed by atoms with Crippen LogP contribution in [0.4, 0.5) is 5.69 Å². The molecule has 0 aliphatic carbocycles. The van der Waals surface area contributed by atoms with Crippen LogP contribution in [0.25, 0.3) is 0 Å². The number of piperazine rings is 1. The van der Waals surface area contributed by atoms with E-state index >= 15 is 0 Å². The van der Waals surface area contributed by atoms with Crippen LogP contribution in [0, 0.1) is 0 Å².